The van der Waals surface area contributed by atoms with E-state index in [1.807, 2.05) is 0 Å². The van der Waals surface area contributed by atoms with Crippen molar-refractivity contribution in [2.24, 2.45) is 0 Å². The van der Waals surface area contributed by atoms with Gasteiger partial charge in [0.05, 0.1) is 10.6 Å². The van der Waals surface area contributed by atoms with E-state index in [4.69, 9.17) is 11.6 Å². The molecule has 1 unspecified atom stereocenters. The highest BCUT2D eigenvalue weighted by Crippen LogP contribution is 2.28. The number of likely N-dealkylation sites (N-methyl/N-ethyl adjacent to an activating group) is 1. The molecule has 0 saturated carbocycles. The van der Waals surface area contributed by atoms with Crippen molar-refractivity contribution >= 4 is 39.1 Å². The highest BCUT2D eigenvalue weighted by Gasteiger charge is 2.32. The summed E-state index contributed by atoms with van der Waals surface area (Å²) in [5, 5.41) is 2.85. The maximum absolute atomic E-state index is 13.6. The van der Waals surface area contributed by atoms with Crippen LogP contribution in [-0.4, -0.2) is 44.8 Å². The number of carbonyl (C=O) groups is 2. The number of nitrogens with one attached hydrogen (secondary N) is 1. The summed E-state index contributed by atoms with van der Waals surface area (Å²) >= 11 is 6.28. The monoisotopic (exact) mass is 531 g/mol. The standard InChI is InChI=1S/C26H27ClFN3O4S/c1-18-9-14-22(15-24(18)27)31(36(34,35)23-7-5-4-6-8-23)17-25(32)30(19(2)26(33)29-3)16-20-10-12-21(28)13-11-20/h4-15,19H,16-17H2,1-3H3,(H,29,33). The fraction of sp³-hybridized carbons (Fsp3) is 0.231. The molecule has 0 aromatic heterocycles. The van der Waals surface area contributed by atoms with Gasteiger partial charge in [0.1, 0.15) is 18.4 Å². The summed E-state index contributed by atoms with van der Waals surface area (Å²) in [6.07, 6.45) is 0. The van der Waals surface area contributed by atoms with Crippen LogP contribution in [0.15, 0.2) is 77.7 Å². The van der Waals surface area contributed by atoms with E-state index in [9.17, 15) is 22.4 Å². The van der Waals surface area contributed by atoms with Crippen molar-refractivity contribution in [3.8, 4) is 0 Å². The number of nitrogens with zero attached hydrogens (tertiary/aromatic N) is 2. The van der Waals surface area contributed by atoms with Crippen LogP contribution < -0.4 is 9.62 Å². The van der Waals surface area contributed by atoms with Crippen LogP contribution in [0, 0.1) is 12.7 Å². The van der Waals surface area contributed by atoms with E-state index in [1.165, 1.54) is 54.4 Å². The van der Waals surface area contributed by atoms with Gasteiger partial charge in [0.25, 0.3) is 10.0 Å². The number of sulfonamides is 1. The number of hydrogen-bond donors (Lipinski definition) is 1. The van der Waals surface area contributed by atoms with Crippen molar-refractivity contribution in [2.75, 3.05) is 17.9 Å². The molecule has 0 aliphatic carbocycles. The molecule has 3 rings (SSSR count). The first-order chi connectivity index (χ1) is 17.0. The molecule has 0 radical (unpaired) electrons. The smallest absolute Gasteiger partial charge is 0.264 e. The summed E-state index contributed by atoms with van der Waals surface area (Å²) in [6, 6.07) is 17.0. The van der Waals surface area contributed by atoms with E-state index in [-0.39, 0.29) is 17.1 Å². The van der Waals surface area contributed by atoms with Gasteiger partial charge in [-0.3, -0.25) is 13.9 Å². The quantitative estimate of drug-likeness (QED) is 0.449. The third kappa shape index (κ3) is 6.22. The summed E-state index contributed by atoms with van der Waals surface area (Å²) in [6.45, 7) is 2.71. The second kappa shape index (κ2) is 11.5. The first-order valence-corrected chi connectivity index (χ1v) is 13.0. The minimum atomic E-state index is -4.17. The number of aryl methyl sites for hydroxylation is 1. The zero-order valence-electron chi connectivity index (χ0n) is 20.1. The summed E-state index contributed by atoms with van der Waals surface area (Å²) < 4.78 is 41.7. The largest absolute Gasteiger partial charge is 0.357 e. The van der Waals surface area contributed by atoms with Crippen LogP contribution in [0.3, 0.4) is 0 Å². The van der Waals surface area contributed by atoms with E-state index in [0.29, 0.717) is 10.6 Å². The minimum absolute atomic E-state index is 0.000989. The number of hydrogen-bond acceptors (Lipinski definition) is 4. The molecule has 7 nitrogen and oxygen atoms in total. The van der Waals surface area contributed by atoms with Crippen molar-refractivity contribution in [1.29, 1.82) is 0 Å². The molecule has 0 fully saturated rings. The first-order valence-electron chi connectivity index (χ1n) is 11.1. The lowest BCUT2D eigenvalue weighted by molar-refractivity contribution is -0.139. The molecule has 190 valence electrons. The Bertz CT molecular complexity index is 1340. The molecule has 0 heterocycles. The maximum Gasteiger partial charge on any atom is 0.264 e. The van der Waals surface area contributed by atoms with Gasteiger partial charge >= 0.3 is 0 Å². The lowest BCUT2D eigenvalue weighted by Gasteiger charge is -2.32. The van der Waals surface area contributed by atoms with Crippen LogP contribution in [0.5, 0.6) is 0 Å². The number of rotatable bonds is 9. The average molecular weight is 532 g/mol. The number of anilines is 1. The maximum atomic E-state index is 13.6. The van der Waals surface area contributed by atoms with Crippen molar-refractivity contribution in [3.05, 3.63) is 94.8 Å². The van der Waals surface area contributed by atoms with Crippen molar-refractivity contribution < 1.29 is 22.4 Å². The second-order valence-electron chi connectivity index (χ2n) is 8.20. The van der Waals surface area contributed by atoms with Gasteiger partial charge in [0.2, 0.25) is 11.8 Å². The van der Waals surface area contributed by atoms with Gasteiger partial charge in [0, 0.05) is 18.6 Å². The zero-order valence-corrected chi connectivity index (χ0v) is 21.7. The predicted molar refractivity (Wildman–Crippen MR) is 138 cm³/mol. The minimum Gasteiger partial charge on any atom is -0.357 e. The number of benzene rings is 3. The van der Waals surface area contributed by atoms with Crippen molar-refractivity contribution in [1.82, 2.24) is 10.2 Å². The summed E-state index contributed by atoms with van der Waals surface area (Å²) in [5.41, 5.74) is 1.53. The van der Waals surface area contributed by atoms with Crippen molar-refractivity contribution in [2.45, 2.75) is 31.3 Å². The molecule has 0 spiro atoms. The van der Waals surface area contributed by atoms with Crippen molar-refractivity contribution in [3.63, 3.8) is 0 Å². The van der Waals surface area contributed by atoms with Crippen LogP contribution in [0.4, 0.5) is 10.1 Å². The Morgan fingerprint density at radius 2 is 1.67 bits per heavy atom. The zero-order chi connectivity index (χ0) is 26.5. The van der Waals surface area contributed by atoms with E-state index < -0.39 is 40.2 Å². The normalized spacial score (nSPS) is 12.0. The van der Waals surface area contributed by atoms with Crippen LogP contribution in [0.1, 0.15) is 18.1 Å². The average Bonchev–Trinajstić information content (AvgIpc) is 2.88. The summed E-state index contributed by atoms with van der Waals surface area (Å²) in [4.78, 5) is 27.3. The first kappa shape index (κ1) is 27.2. The van der Waals surface area contributed by atoms with Gasteiger partial charge in [-0.15, -0.1) is 0 Å². The molecule has 0 aliphatic heterocycles. The predicted octanol–water partition coefficient (Wildman–Crippen LogP) is 4.15. The Kier molecular flexibility index (Phi) is 8.70. The molecule has 3 aromatic rings. The molecule has 0 aliphatic rings. The lowest BCUT2D eigenvalue weighted by Crippen LogP contribution is -2.50. The molecule has 0 bridgehead atoms. The number of carbonyl (C=O) groups excluding carboxylic acids is 2. The highest BCUT2D eigenvalue weighted by molar-refractivity contribution is 7.92. The Morgan fingerprint density at radius 3 is 2.25 bits per heavy atom. The Hall–Kier alpha value is -3.43. The molecule has 2 amide bonds. The topological polar surface area (TPSA) is 86.8 Å². The van der Waals surface area contributed by atoms with Gasteiger partial charge in [0.15, 0.2) is 0 Å². The molecule has 36 heavy (non-hydrogen) atoms. The summed E-state index contributed by atoms with van der Waals surface area (Å²) in [5.74, 6) is -1.49. The molecule has 0 saturated heterocycles. The SMILES string of the molecule is CNC(=O)C(C)N(Cc1ccc(F)cc1)C(=O)CN(c1ccc(C)c(Cl)c1)S(=O)(=O)c1ccccc1. The van der Waals surface area contributed by atoms with Crippen LogP contribution in [0.25, 0.3) is 0 Å². The third-order valence-corrected chi connectivity index (χ3v) is 7.93. The van der Waals surface area contributed by atoms with Gasteiger partial charge < -0.3 is 10.2 Å². The molecule has 1 atom stereocenters. The van der Waals surface area contributed by atoms with Gasteiger partial charge in [-0.05, 0) is 61.4 Å². The van der Waals surface area contributed by atoms with E-state index in [2.05, 4.69) is 5.32 Å². The molecular weight excluding hydrogens is 505 g/mol. The number of amides is 2. The van der Waals surface area contributed by atoms with Gasteiger partial charge in [-0.1, -0.05) is 48.0 Å². The summed E-state index contributed by atoms with van der Waals surface area (Å²) in [7, 11) is -2.72. The van der Waals surface area contributed by atoms with Gasteiger partial charge in [-0.25, -0.2) is 12.8 Å². The van der Waals surface area contributed by atoms with Gasteiger partial charge in [-0.2, -0.15) is 0 Å². The van der Waals surface area contributed by atoms with Crippen LogP contribution in [0.2, 0.25) is 5.02 Å². The third-order valence-electron chi connectivity index (χ3n) is 5.73. The Balaban J connectivity index is 2.04. The van der Waals surface area contributed by atoms with E-state index in [0.717, 1.165) is 9.87 Å². The molecule has 1 N–H and O–H groups in total. The molecular formula is C26H27ClFN3O4S. The fourth-order valence-corrected chi connectivity index (χ4v) is 5.17. The number of halogens is 2. The fourth-order valence-electron chi connectivity index (χ4n) is 3.56. The highest BCUT2D eigenvalue weighted by atomic mass is 35.5. The molecule has 3 aromatic carbocycles. The van der Waals surface area contributed by atoms with Crippen LogP contribution in [-0.2, 0) is 26.2 Å². The molecule has 10 heteroatoms. The van der Waals surface area contributed by atoms with E-state index >= 15 is 0 Å². The van der Waals surface area contributed by atoms with Crippen LogP contribution >= 0.6 is 11.6 Å². The Labute approximate surface area is 215 Å². The Morgan fingerprint density at radius 1 is 1.03 bits per heavy atom. The van der Waals surface area contributed by atoms with E-state index in [1.54, 1.807) is 44.2 Å². The lowest BCUT2D eigenvalue weighted by atomic mass is 10.1. The second-order valence-corrected chi connectivity index (χ2v) is 10.5.